The Morgan fingerprint density at radius 2 is 1.60 bits per heavy atom. The smallest absolute Gasteiger partial charge is 0.227 e. The number of hydrogen-bond acceptors (Lipinski definition) is 2. The number of fused-ring (bicyclic) bond motifs is 3. The number of carbonyl (C=O) groups excluding carboxylic acids is 1. The molecule has 3 aromatic rings. The van der Waals surface area contributed by atoms with E-state index < -0.39 is 5.60 Å². The molecule has 0 saturated carbocycles. The van der Waals surface area contributed by atoms with E-state index in [0.29, 0.717) is 46.6 Å². The van der Waals surface area contributed by atoms with Crippen LogP contribution in [0.5, 0.6) is 0 Å². The first kappa shape index (κ1) is 31.6. The van der Waals surface area contributed by atoms with Crippen LogP contribution < -0.4 is 12.4 Å². The minimum atomic E-state index is -0.687. The van der Waals surface area contributed by atoms with Gasteiger partial charge in [-0.1, -0.05) is 83.3 Å². The van der Waals surface area contributed by atoms with Crippen LogP contribution in [0.25, 0.3) is 0 Å². The summed E-state index contributed by atoms with van der Waals surface area (Å²) in [5.41, 5.74) is 3.06. The lowest BCUT2D eigenvalue weighted by Crippen LogP contribution is -3.00. The minimum absolute atomic E-state index is 0. The van der Waals surface area contributed by atoms with Gasteiger partial charge in [0.2, 0.25) is 5.91 Å². The van der Waals surface area contributed by atoms with Crippen molar-refractivity contribution in [1.29, 1.82) is 0 Å². The van der Waals surface area contributed by atoms with Crippen molar-refractivity contribution in [3.8, 4) is 0 Å². The van der Waals surface area contributed by atoms with Gasteiger partial charge in [-0.3, -0.25) is 4.79 Å². The number of benzene rings is 3. The molecule has 8 heteroatoms. The average Bonchev–Trinajstić information content (AvgIpc) is 2.99. The molecule has 4 heterocycles. The summed E-state index contributed by atoms with van der Waals surface area (Å²) in [6.45, 7) is 7.23. The van der Waals surface area contributed by atoms with E-state index in [0.717, 1.165) is 41.7 Å². The Morgan fingerprint density at radius 1 is 0.905 bits per heavy atom. The lowest BCUT2D eigenvalue weighted by molar-refractivity contribution is -0.973. The fourth-order valence-corrected chi connectivity index (χ4v) is 8.24. The summed E-state index contributed by atoms with van der Waals surface area (Å²) in [7, 11) is 0. The van der Waals surface area contributed by atoms with Crippen molar-refractivity contribution in [1.82, 2.24) is 4.90 Å². The monoisotopic (exact) mass is 646 g/mol. The van der Waals surface area contributed by atoms with Gasteiger partial charge in [-0.25, -0.2) is 0 Å². The van der Waals surface area contributed by atoms with Crippen molar-refractivity contribution in [3.05, 3.63) is 105 Å². The predicted octanol–water partition coefficient (Wildman–Crippen LogP) is 4.58. The fraction of sp³-hybridized carbons (Fsp3) is 0.441. The number of ether oxygens (including phenoxy) is 1. The van der Waals surface area contributed by atoms with Gasteiger partial charge < -0.3 is 26.5 Å². The van der Waals surface area contributed by atoms with E-state index in [2.05, 4.69) is 37.3 Å². The second kappa shape index (κ2) is 12.7. The summed E-state index contributed by atoms with van der Waals surface area (Å²) in [6, 6.07) is 24.5. The van der Waals surface area contributed by atoms with Gasteiger partial charge in [0.05, 0.1) is 49.3 Å². The van der Waals surface area contributed by atoms with Gasteiger partial charge in [0.25, 0.3) is 0 Å². The topological polar surface area (TPSA) is 29.5 Å². The molecule has 4 saturated heterocycles. The number of piperidine rings is 3. The highest BCUT2D eigenvalue weighted by molar-refractivity contribution is 6.42. The molecular formula is C34H38Cl4N2O2. The van der Waals surface area contributed by atoms with Gasteiger partial charge in [0.15, 0.2) is 5.60 Å². The second-order valence-electron chi connectivity index (χ2n) is 12.5. The van der Waals surface area contributed by atoms with E-state index in [1.165, 1.54) is 24.8 Å². The van der Waals surface area contributed by atoms with Gasteiger partial charge in [-0.2, -0.15) is 0 Å². The van der Waals surface area contributed by atoms with Gasteiger partial charge in [-0.15, -0.1) is 0 Å². The zero-order valence-corrected chi connectivity index (χ0v) is 27.0. The summed E-state index contributed by atoms with van der Waals surface area (Å²) in [4.78, 5) is 15.6. The van der Waals surface area contributed by atoms with Crippen LogP contribution in [0.3, 0.4) is 0 Å². The van der Waals surface area contributed by atoms with Crippen molar-refractivity contribution >= 4 is 40.7 Å². The van der Waals surface area contributed by atoms with Crippen molar-refractivity contribution in [3.63, 3.8) is 0 Å². The minimum Gasteiger partial charge on any atom is -1.00 e. The molecule has 2 unspecified atom stereocenters. The van der Waals surface area contributed by atoms with Crippen molar-refractivity contribution in [2.24, 2.45) is 5.41 Å². The Labute approximate surface area is 270 Å². The zero-order valence-electron chi connectivity index (χ0n) is 24.0. The molecule has 0 aromatic heterocycles. The summed E-state index contributed by atoms with van der Waals surface area (Å²) in [6.07, 6.45) is 5.10. The molecule has 3 aromatic carbocycles. The highest BCUT2D eigenvalue weighted by atomic mass is 35.5. The number of amides is 1. The van der Waals surface area contributed by atoms with Crippen molar-refractivity contribution < 1.29 is 26.4 Å². The number of halogens is 4. The summed E-state index contributed by atoms with van der Waals surface area (Å²) in [5, 5.41) is 1.68. The molecule has 4 aliphatic heterocycles. The number of nitrogens with zero attached hydrogens (tertiary/aromatic N) is 2. The van der Waals surface area contributed by atoms with Crippen molar-refractivity contribution in [2.75, 3.05) is 39.3 Å². The molecule has 2 bridgehead atoms. The van der Waals surface area contributed by atoms with E-state index in [9.17, 15) is 4.79 Å². The molecule has 0 radical (unpaired) electrons. The normalized spacial score (nSPS) is 27.8. The fourth-order valence-electron chi connectivity index (χ4n) is 7.73. The zero-order chi connectivity index (χ0) is 28.7. The molecule has 0 spiro atoms. The maximum absolute atomic E-state index is 13.7. The average molecular weight is 649 g/mol. The van der Waals surface area contributed by atoms with Gasteiger partial charge in [0.1, 0.15) is 6.04 Å². The molecule has 2 atom stereocenters. The van der Waals surface area contributed by atoms with Crippen LogP contribution in [0.15, 0.2) is 72.8 Å². The Bertz CT molecular complexity index is 1390. The van der Waals surface area contributed by atoms with E-state index in [-0.39, 0.29) is 24.4 Å². The lowest BCUT2D eigenvalue weighted by atomic mass is 9.66. The van der Waals surface area contributed by atoms with Crippen LogP contribution in [0.1, 0.15) is 42.9 Å². The third-order valence-corrected chi connectivity index (χ3v) is 11.3. The van der Waals surface area contributed by atoms with Crippen LogP contribution in [0, 0.1) is 5.41 Å². The van der Waals surface area contributed by atoms with E-state index in [1.54, 1.807) is 0 Å². The van der Waals surface area contributed by atoms with Crippen LogP contribution in [0.2, 0.25) is 15.1 Å². The number of morpholine rings is 1. The molecule has 7 rings (SSSR count). The Kier molecular flexibility index (Phi) is 9.54. The van der Waals surface area contributed by atoms with E-state index in [1.807, 2.05) is 47.4 Å². The SMILES string of the molecule is CC(C1(c2ccc(Cl)c(Cl)c2)CN(C(=O)Cc2cccc(Cl)c2)CCO1)[N+]12CCC(Cc3ccccc3)(CC1)CC2.[Cl-]. The number of rotatable bonds is 7. The Morgan fingerprint density at radius 3 is 2.26 bits per heavy atom. The highest BCUT2D eigenvalue weighted by Gasteiger charge is 2.58. The first-order valence-corrected chi connectivity index (χ1v) is 15.9. The second-order valence-corrected chi connectivity index (χ2v) is 13.7. The van der Waals surface area contributed by atoms with Crippen molar-refractivity contribution in [2.45, 2.75) is 50.7 Å². The summed E-state index contributed by atoms with van der Waals surface area (Å²) < 4.78 is 7.85. The number of hydrogen-bond donors (Lipinski definition) is 0. The molecule has 4 aliphatic rings. The van der Waals surface area contributed by atoms with Crippen LogP contribution in [0.4, 0.5) is 0 Å². The third-order valence-electron chi connectivity index (χ3n) is 10.3. The number of carbonyl (C=O) groups is 1. The molecule has 4 fully saturated rings. The molecule has 0 N–H and O–H groups in total. The molecule has 1 amide bonds. The van der Waals surface area contributed by atoms with Crippen LogP contribution in [-0.4, -0.2) is 60.7 Å². The molecular weight excluding hydrogens is 610 g/mol. The maximum atomic E-state index is 13.7. The van der Waals surface area contributed by atoms with Gasteiger partial charge >= 0.3 is 0 Å². The van der Waals surface area contributed by atoms with E-state index >= 15 is 0 Å². The maximum Gasteiger partial charge on any atom is 0.227 e. The lowest BCUT2D eigenvalue weighted by Gasteiger charge is -2.61. The molecule has 4 nitrogen and oxygen atoms in total. The van der Waals surface area contributed by atoms with Crippen LogP contribution in [-0.2, 0) is 28.0 Å². The first-order chi connectivity index (χ1) is 19.7. The van der Waals surface area contributed by atoms with E-state index in [4.69, 9.17) is 39.5 Å². The Balaban J connectivity index is 0.00000353. The predicted molar refractivity (Wildman–Crippen MR) is 167 cm³/mol. The summed E-state index contributed by atoms with van der Waals surface area (Å²) >= 11 is 19.2. The Hall–Kier alpha value is -1.79. The van der Waals surface area contributed by atoms with Gasteiger partial charge in [0, 0.05) is 30.8 Å². The molecule has 42 heavy (non-hydrogen) atoms. The van der Waals surface area contributed by atoms with Gasteiger partial charge in [-0.05, 0) is 59.7 Å². The number of quaternary nitrogens is 1. The molecule has 0 aliphatic carbocycles. The standard InChI is InChI=1S/C34H38Cl3N2O2.ClH/c1-25(39-16-12-33(13-17-39,14-18-39)23-26-6-3-2-4-7-26)34(28-10-11-30(36)31(37)22-28)24-38(15-19-41-34)32(40)21-27-8-5-9-29(35)20-27;/h2-11,20,22,25H,12-19,21,23-24H2,1H3;1H/q+1;/p-1. The molecule has 224 valence electrons. The summed E-state index contributed by atoms with van der Waals surface area (Å²) in [5.74, 6) is 0.0892. The quantitative estimate of drug-likeness (QED) is 0.352. The van der Waals surface area contributed by atoms with Crippen LogP contribution >= 0.6 is 34.8 Å². The highest BCUT2D eigenvalue weighted by Crippen LogP contribution is 2.51. The third kappa shape index (κ3) is 6.09. The first-order valence-electron chi connectivity index (χ1n) is 14.7. The largest absolute Gasteiger partial charge is 1.00 e.